The number of benzene rings is 5. The molecule has 5 aromatic carbocycles. The van der Waals surface area contributed by atoms with Gasteiger partial charge in [-0.3, -0.25) is 14.8 Å². The molecule has 1 aromatic heterocycles. The van der Waals surface area contributed by atoms with Gasteiger partial charge in [-0.15, -0.1) is 11.8 Å². The first-order valence-electron chi connectivity index (χ1n) is 21.5. The first-order chi connectivity index (χ1) is 31.7. The van der Waals surface area contributed by atoms with Crippen molar-refractivity contribution in [1.29, 1.82) is 0 Å². The Bertz CT molecular complexity index is 2720. The summed E-state index contributed by atoms with van der Waals surface area (Å²) in [5, 5.41) is 30.0. The molecule has 0 saturated carbocycles. The standard InChI is InChI=1S/C47H48ClF3N8O5S2/c48-34-9-13-38(14-10-34)58-44(31-46(53-58)47(49,50)51)33-5-4-6-39(29-33)57-27-25-56(26-28-57)37-15-11-35(12-16-37)54-66(63,64)42-17-18-43(45(30-42)59(61)62)52-36(32-65-41-7-2-1-3-8-41)19-22-55-23-20-40(60)21-24-55/h1-18,29-31,36,40,52,54,60H,19-28,32H2/t36-/m1/s1. The molecule has 0 unspecified atom stereocenters. The van der Waals surface area contributed by atoms with Crippen molar-refractivity contribution in [3.05, 3.63) is 148 Å². The van der Waals surface area contributed by atoms with Crippen LogP contribution in [0.2, 0.25) is 5.02 Å². The number of aliphatic hydroxyl groups is 1. The Labute approximate surface area is 390 Å². The molecule has 8 rings (SSSR count). The number of nitrogens with one attached hydrogen (secondary N) is 2. The molecule has 0 aliphatic carbocycles. The number of aliphatic hydroxyl groups excluding tert-OH is 1. The fourth-order valence-electron chi connectivity index (χ4n) is 8.11. The van der Waals surface area contributed by atoms with Crippen LogP contribution >= 0.6 is 23.4 Å². The van der Waals surface area contributed by atoms with Gasteiger partial charge in [0, 0.05) is 96.2 Å². The number of anilines is 4. The Morgan fingerprint density at radius 2 is 1.48 bits per heavy atom. The number of nitrogens with zero attached hydrogens (tertiary/aromatic N) is 6. The van der Waals surface area contributed by atoms with Gasteiger partial charge in [-0.2, -0.15) is 18.3 Å². The largest absolute Gasteiger partial charge is 0.435 e. The van der Waals surface area contributed by atoms with E-state index >= 15 is 0 Å². The fraction of sp³-hybridized carbons (Fsp3) is 0.298. The van der Waals surface area contributed by atoms with Crippen molar-refractivity contribution >= 4 is 61.8 Å². The number of rotatable bonds is 16. The number of halogens is 4. The van der Waals surface area contributed by atoms with Crippen molar-refractivity contribution in [2.75, 3.05) is 71.4 Å². The lowest BCUT2D eigenvalue weighted by Gasteiger charge is -2.37. The lowest BCUT2D eigenvalue weighted by atomic mass is 10.1. The first kappa shape index (κ1) is 46.7. The number of piperazine rings is 1. The molecule has 0 bridgehead atoms. The summed E-state index contributed by atoms with van der Waals surface area (Å²) in [6, 6.07) is 35.3. The highest BCUT2D eigenvalue weighted by molar-refractivity contribution is 7.99. The van der Waals surface area contributed by atoms with Crippen molar-refractivity contribution in [3.63, 3.8) is 0 Å². The number of thioether (sulfide) groups is 1. The number of hydrogen-bond donors (Lipinski definition) is 3. The van der Waals surface area contributed by atoms with E-state index in [4.69, 9.17) is 11.6 Å². The zero-order valence-corrected chi connectivity index (χ0v) is 38.0. The maximum atomic E-state index is 13.8. The third-order valence-corrected chi connectivity index (χ3v) is 14.5. The molecule has 1 atom stereocenters. The third-order valence-electron chi connectivity index (χ3n) is 11.7. The van der Waals surface area contributed by atoms with Crippen LogP contribution in [-0.4, -0.2) is 96.8 Å². The van der Waals surface area contributed by atoms with Gasteiger partial charge in [-0.05, 0) is 110 Å². The van der Waals surface area contributed by atoms with Gasteiger partial charge in [-0.1, -0.05) is 41.9 Å². The summed E-state index contributed by atoms with van der Waals surface area (Å²) in [5.74, 6) is 0.622. The van der Waals surface area contributed by atoms with Gasteiger partial charge >= 0.3 is 6.18 Å². The van der Waals surface area contributed by atoms with E-state index in [0.717, 1.165) is 48.0 Å². The molecule has 0 amide bonds. The minimum absolute atomic E-state index is 0.171. The van der Waals surface area contributed by atoms with Crippen molar-refractivity contribution < 1.29 is 31.6 Å². The summed E-state index contributed by atoms with van der Waals surface area (Å²) >= 11 is 7.68. The quantitative estimate of drug-likeness (QED) is 0.0484. The minimum atomic E-state index is -4.63. The Balaban J connectivity index is 0.904. The number of alkyl halides is 3. The molecule has 3 N–H and O–H groups in total. The van der Waals surface area contributed by atoms with Crippen LogP contribution in [0.5, 0.6) is 0 Å². The molecule has 13 nitrogen and oxygen atoms in total. The molecule has 0 radical (unpaired) electrons. The van der Waals surface area contributed by atoms with E-state index in [1.54, 1.807) is 66.4 Å². The molecule has 66 heavy (non-hydrogen) atoms. The molecule has 6 aromatic rings. The monoisotopic (exact) mass is 960 g/mol. The highest BCUT2D eigenvalue weighted by Crippen LogP contribution is 2.36. The van der Waals surface area contributed by atoms with E-state index < -0.39 is 26.8 Å². The van der Waals surface area contributed by atoms with E-state index in [1.165, 1.54) is 16.8 Å². The summed E-state index contributed by atoms with van der Waals surface area (Å²) in [7, 11) is -4.22. The van der Waals surface area contributed by atoms with E-state index in [9.17, 15) is 36.8 Å². The van der Waals surface area contributed by atoms with Crippen molar-refractivity contribution in [3.8, 4) is 16.9 Å². The predicted molar refractivity (Wildman–Crippen MR) is 255 cm³/mol. The first-order valence-corrected chi connectivity index (χ1v) is 24.3. The number of likely N-dealkylation sites (tertiary alicyclic amines) is 1. The second kappa shape index (κ2) is 20.4. The van der Waals surface area contributed by atoms with Crippen LogP contribution in [0.3, 0.4) is 0 Å². The molecule has 2 aliphatic heterocycles. The molecule has 2 saturated heterocycles. The topological polar surface area (TPSA) is 149 Å². The number of sulfonamides is 1. The highest BCUT2D eigenvalue weighted by Gasteiger charge is 2.35. The molecular formula is C47H48ClF3N8O5S2. The van der Waals surface area contributed by atoms with Crippen molar-refractivity contribution in [1.82, 2.24) is 14.7 Å². The van der Waals surface area contributed by atoms with Gasteiger partial charge in [-0.25, -0.2) is 13.1 Å². The van der Waals surface area contributed by atoms with Crippen LogP contribution in [0.25, 0.3) is 16.9 Å². The second-order valence-electron chi connectivity index (χ2n) is 16.2. The van der Waals surface area contributed by atoms with Crippen LogP contribution in [-0.2, 0) is 16.2 Å². The molecular weight excluding hydrogens is 913 g/mol. The van der Waals surface area contributed by atoms with Gasteiger partial charge in [0.25, 0.3) is 15.7 Å². The number of nitro benzene ring substituents is 1. The summed E-state index contributed by atoms with van der Waals surface area (Å²) in [4.78, 5) is 19.2. The Kier molecular flexibility index (Phi) is 14.4. The Morgan fingerprint density at radius 1 is 0.818 bits per heavy atom. The Hall–Kier alpha value is -5.79. The minimum Gasteiger partial charge on any atom is -0.393 e. The summed E-state index contributed by atoms with van der Waals surface area (Å²) < 4.78 is 72.6. The summed E-state index contributed by atoms with van der Waals surface area (Å²) in [6.07, 6.45) is -2.82. The zero-order valence-electron chi connectivity index (χ0n) is 35.6. The third kappa shape index (κ3) is 11.6. The number of nitro groups is 1. The average molecular weight is 962 g/mol. The van der Waals surface area contributed by atoms with Crippen molar-refractivity contribution in [2.45, 2.75) is 47.4 Å². The van der Waals surface area contributed by atoms with E-state index in [1.807, 2.05) is 48.5 Å². The summed E-state index contributed by atoms with van der Waals surface area (Å²) in [6.45, 7) is 4.77. The number of hydrogen-bond acceptors (Lipinski definition) is 11. The zero-order chi connectivity index (χ0) is 46.4. The van der Waals surface area contributed by atoms with Gasteiger partial charge in [0.05, 0.1) is 27.3 Å². The second-order valence-corrected chi connectivity index (χ2v) is 19.5. The molecule has 19 heteroatoms. The molecule has 2 fully saturated rings. The van der Waals surface area contributed by atoms with Crippen LogP contribution in [0, 0.1) is 10.1 Å². The predicted octanol–water partition coefficient (Wildman–Crippen LogP) is 9.67. The fourth-order valence-corrected chi connectivity index (χ4v) is 10.3. The van der Waals surface area contributed by atoms with E-state index in [-0.39, 0.29) is 39.8 Å². The van der Waals surface area contributed by atoms with Gasteiger partial charge < -0.3 is 25.1 Å². The van der Waals surface area contributed by atoms with Crippen LogP contribution in [0.1, 0.15) is 25.0 Å². The summed E-state index contributed by atoms with van der Waals surface area (Å²) in [5.41, 5.74) is 2.16. The lowest BCUT2D eigenvalue weighted by Crippen LogP contribution is -2.46. The maximum Gasteiger partial charge on any atom is 0.435 e. The van der Waals surface area contributed by atoms with Gasteiger partial charge in [0.1, 0.15) is 5.69 Å². The number of piperidine rings is 1. The van der Waals surface area contributed by atoms with Crippen molar-refractivity contribution in [2.24, 2.45) is 0 Å². The molecule has 346 valence electrons. The number of aromatic nitrogens is 2. The molecule has 2 aliphatic rings. The van der Waals surface area contributed by atoms with Crippen LogP contribution < -0.4 is 19.8 Å². The van der Waals surface area contributed by atoms with Gasteiger partial charge in [0.15, 0.2) is 5.69 Å². The average Bonchev–Trinajstić information content (AvgIpc) is 3.78. The molecule has 3 heterocycles. The smallest absolute Gasteiger partial charge is 0.393 e. The lowest BCUT2D eigenvalue weighted by molar-refractivity contribution is -0.384. The van der Waals surface area contributed by atoms with E-state index in [2.05, 4.69) is 29.8 Å². The highest BCUT2D eigenvalue weighted by atomic mass is 35.5. The maximum absolute atomic E-state index is 13.8. The van der Waals surface area contributed by atoms with Gasteiger partial charge in [0.2, 0.25) is 0 Å². The van der Waals surface area contributed by atoms with E-state index in [0.29, 0.717) is 67.5 Å². The molecule has 0 spiro atoms. The SMILES string of the molecule is O=[N+]([O-])c1cc(S(=O)(=O)Nc2ccc(N3CCN(c4cccc(-c5cc(C(F)(F)F)nn5-c5ccc(Cl)cc5)c4)CC3)cc2)ccc1N[C@H](CCN1CCC(O)CC1)CSc1ccccc1. The van der Waals surface area contributed by atoms with Crippen LogP contribution in [0.4, 0.5) is 41.6 Å². The Morgan fingerprint density at radius 3 is 2.15 bits per heavy atom. The normalized spacial score (nSPS) is 15.7. The van der Waals surface area contributed by atoms with Crippen LogP contribution in [0.15, 0.2) is 137 Å².